The molecule has 1 heterocycles. The Kier molecular flexibility index (Phi) is 7.23. The third-order valence-corrected chi connectivity index (χ3v) is 5.36. The number of para-hydroxylation sites is 1. The average Bonchev–Trinajstić information content (AvgIpc) is 2.76. The quantitative estimate of drug-likeness (QED) is 0.398. The lowest BCUT2D eigenvalue weighted by atomic mass is 10.0. The summed E-state index contributed by atoms with van der Waals surface area (Å²) >= 11 is 0. The zero-order chi connectivity index (χ0) is 22.4. The molecule has 1 saturated heterocycles. The first-order valence-electron chi connectivity index (χ1n) is 10.4. The van der Waals surface area contributed by atoms with E-state index in [4.69, 9.17) is 4.74 Å². The van der Waals surface area contributed by atoms with Crippen LogP contribution in [0.4, 0.5) is 0 Å². The number of phenolic OH excluding ortho intramolecular Hbond substituents is 3. The molecule has 1 fully saturated rings. The van der Waals surface area contributed by atoms with Crippen LogP contribution in [0.2, 0.25) is 0 Å². The highest BCUT2D eigenvalue weighted by atomic mass is 16.5. The van der Waals surface area contributed by atoms with E-state index in [9.17, 15) is 24.9 Å². The normalized spacial score (nSPS) is 14.3. The van der Waals surface area contributed by atoms with Gasteiger partial charge in [-0.25, -0.2) is 0 Å². The monoisotopic (exact) mass is 428 g/mol. The summed E-state index contributed by atoms with van der Waals surface area (Å²) in [5.74, 6) is -1.29. The van der Waals surface area contributed by atoms with Gasteiger partial charge in [0.1, 0.15) is 5.75 Å². The maximum Gasteiger partial charge on any atom is 0.254 e. The van der Waals surface area contributed by atoms with E-state index < -0.39 is 17.2 Å². The van der Waals surface area contributed by atoms with Crippen LogP contribution < -0.4 is 10.1 Å². The number of aromatic hydroxyl groups is 3. The number of piperidine rings is 1. The summed E-state index contributed by atoms with van der Waals surface area (Å²) in [7, 11) is 0. The molecule has 31 heavy (non-hydrogen) atoms. The Labute approximate surface area is 181 Å². The van der Waals surface area contributed by atoms with E-state index in [0.29, 0.717) is 45.4 Å². The number of ether oxygens (including phenoxy) is 1. The number of rotatable bonds is 7. The molecule has 4 N–H and O–H groups in total. The number of benzene rings is 2. The minimum atomic E-state index is -0.651. The first kappa shape index (κ1) is 22.3. The van der Waals surface area contributed by atoms with Crippen LogP contribution in [0.5, 0.6) is 23.0 Å². The molecule has 0 aromatic heterocycles. The number of phenols is 3. The number of aryl methyl sites for hydroxylation is 1. The van der Waals surface area contributed by atoms with Gasteiger partial charge >= 0.3 is 0 Å². The van der Waals surface area contributed by atoms with Gasteiger partial charge < -0.3 is 30.3 Å². The van der Waals surface area contributed by atoms with Gasteiger partial charge in [0.15, 0.2) is 17.2 Å². The summed E-state index contributed by atoms with van der Waals surface area (Å²) in [4.78, 5) is 26.4. The fourth-order valence-electron chi connectivity index (χ4n) is 3.57. The van der Waals surface area contributed by atoms with Crippen LogP contribution in [-0.2, 0) is 4.79 Å². The minimum Gasteiger partial charge on any atom is -0.504 e. The Balaban J connectivity index is 1.39. The number of carbonyl (C=O) groups is 2. The molecule has 0 aliphatic carbocycles. The zero-order valence-electron chi connectivity index (χ0n) is 17.5. The Hall–Kier alpha value is -3.42. The molecule has 3 rings (SSSR count). The van der Waals surface area contributed by atoms with E-state index in [0.717, 1.165) is 23.4 Å². The molecule has 1 aliphatic rings. The highest BCUT2D eigenvalue weighted by Crippen LogP contribution is 2.35. The molecular weight excluding hydrogens is 400 g/mol. The Morgan fingerprint density at radius 1 is 1.10 bits per heavy atom. The highest BCUT2D eigenvalue weighted by molar-refractivity contribution is 5.95. The number of carbonyl (C=O) groups excluding carboxylic acids is 2. The second-order valence-electron chi connectivity index (χ2n) is 7.71. The molecule has 2 aromatic carbocycles. The molecule has 0 unspecified atom stereocenters. The number of likely N-dealkylation sites (tertiary alicyclic amines) is 1. The molecule has 0 bridgehead atoms. The molecule has 8 heteroatoms. The van der Waals surface area contributed by atoms with Crippen LogP contribution in [0.25, 0.3) is 0 Å². The molecule has 0 spiro atoms. The second kappa shape index (κ2) is 10.1. The smallest absolute Gasteiger partial charge is 0.254 e. The van der Waals surface area contributed by atoms with Gasteiger partial charge in [-0.3, -0.25) is 9.59 Å². The van der Waals surface area contributed by atoms with Gasteiger partial charge in [-0.2, -0.15) is 0 Å². The lowest BCUT2D eigenvalue weighted by Crippen LogP contribution is -2.46. The maximum absolute atomic E-state index is 12.6. The Morgan fingerprint density at radius 3 is 2.39 bits per heavy atom. The topological polar surface area (TPSA) is 119 Å². The lowest BCUT2D eigenvalue weighted by molar-refractivity contribution is -0.122. The van der Waals surface area contributed by atoms with Crippen molar-refractivity contribution in [3.63, 3.8) is 0 Å². The Bertz CT molecular complexity index is 914. The molecule has 0 atom stereocenters. The van der Waals surface area contributed by atoms with Crippen molar-refractivity contribution in [1.29, 1.82) is 0 Å². The van der Waals surface area contributed by atoms with Crippen molar-refractivity contribution in [2.24, 2.45) is 0 Å². The molecule has 2 aromatic rings. The molecule has 1 aliphatic heterocycles. The molecule has 0 radical (unpaired) electrons. The predicted octanol–water partition coefficient (Wildman–Crippen LogP) is 2.69. The summed E-state index contributed by atoms with van der Waals surface area (Å²) < 4.78 is 5.71. The fourth-order valence-corrected chi connectivity index (χ4v) is 3.57. The number of amides is 2. The molecule has 2 amide bonds. The molecule has 166 valence electrons. The molecule has 8 nitrogen and oxygen atoms in total. The predicted molar refractivity (Wildman–Crippen MR) is 114 cm³/mol. The summed E-state index contributed by atoms with van der Waals surface area (Å²) in [6, 6.07) is 10.0. The van der Waals surface area contributed by atoms with E-state index in [2.05, 4.69) is 5.32 Å². The van der Waals surface area contributed by atoms with Gasteiger partial charge in [-0.1, -0.05) is 18.2 Å². The van der Waals surface area contributed by atoms with Crippen LogP contribution in [0.3, 0.4) is 0 Å². The highest BCUT2D eigenvalue weighted by Gasteiger charge is 2.25. The first-order chi connectivity index (χ1) is 14.8. The van der Waals surface area contributed by atoms with Crippen molar-refractivity contribution in [2.75, 3.05) is 19.7 Å². The summed E-state index contributed by atoms with van der Waals surface area (Å²) in [6.45, 7) is 3.34. The van der Waals surface area contributed by atoms with Crippen molar-refractivity contribution in [3.05, 3.63) is 47.5 Å². The largest absolute Gasteiger partial charge is 0.504 e. The SMILES string of the molecule is Cc1ccccc1OCCCC(=O)NC1CCN(C(=O)c2cc(O)c(O)c(O)c2)CC1. The third-order valence-electron chi connectivity index (χ3n) is 5.36. The van der Waals surface area contributed by atoms with Crippen LogP contribution >= 0.6 is 0 Å². The van der Waals surface area contributed by atoms with E-state index >= 15 is 0 Å². The van der Waals surface area contributed by atoms with Crippen LogP contribution in [0, 0.1) is 6.92 Å². The van der Waals surface area contributed by atoms with Crippen molar-refractivity contribution in [1.82, 2.24) is 10.2 Å². The molecule has 0 saturated carbocycles. The van der Waals surface area contributed by atoms with Gasteiger partial charge in [0.25, 0.3) is 5.91 Å². The number of hydrogen-bond donors (Lipinski definition) is 4. The van der Waals surface area contributed by atoms with Gasteiger partial charge in [0, 0.05) is 31.1 Å². The standard InChI is InChI=1S/C23H28N2O6/c1-15-5-2-3-6-20(15)31-12-4-7-21(28)24-17-8-10-25(11-9-17)23(30)16-13-18(26)22(29)19(27)14-16/h2-3,5-6,13-14,17,26-27,29H,4,7-12H2,1H3,(H,24,28). The van der Waals surface area contributed by atoms with Crippen molar-refractivity contribution in [3.8, 4) is 23.0 Å². The first-order valence-corrected chi connectivity index (χ1v) is 10.4. The number of hydrogen-bond acceptors (Lipinski definition) is 6. The van der Waals surface area contributed by atoms with E-state index in [1.54, 1.807) is 4.90 Å². The second-order valence-corrected chi connectivity index (χ2v) is 7.71. The summed E-state index contributed by atoms with van der Waals surface area (Å²) in [5, 5.41) is 31.6. The van der Waals surface area contributed by atoms with Crippen LogP contribution in [0.1, 0.15) is 41.6 Å². The maximum atomic E-state index is 12.6. The zero-order valence-corrected chi connectivity index (χ0v) is 17.5. The van der Waals surface area contributed by atoms with Crippen LogP contribution in [0.15, 0.2) is 36.4 Å². The van der Waals surface area contributed by atoms with Crippen molar-refractivity contribution >= 4 is 11.8 Å². The van der Waals surface area contributed by atoms with Gasteiger partial charge in [-0.05, 0) is 49.9 Å². The van der Waals surface area contributed by atoms with Gasteiger partial charge in [0.05, 0.1) is 6.61 Å². The molecular formula is C23H28N2O6. The summed E-state index contributed by atoms with van der Waals surface area (Å²) in [6.07, 6.45) is 2.23. The average molecular weight is 428 g/mol. The van der Waals surface area contributed by atoms with Crippen LogP contribution in [-0.4, -0.2) is 57.8 Å². The summed E-state index contributed by atoms with van der Waals surface area (Å²) in [5.41, 5.74) is 1.16. The lowest BCUT2D eigenvalue weighted by Gasteiger charge is -2.32. The fraction of sp³-hybridized carbons (Fsp3) is 0.391. The Morgan fingerprint density at radius 2 is 1.74 bits per heavy atom. The number of nitrogens with zero attached hydrogens (tertiary/aromatic N) is 1. The van der Waals surface area contributed by atoms with Gasteiger partial charge in [0.2, 0.25) is 5.91 Å². The van der Waals surface area contributed by atoms with E-state index in [1.807, 2.05) is 31.2 Å². The minimum absolute atomic E-state index is 0.00420. The number of nitrogens with one attached hydrogen (secondary N) is 1. The van der Waals surface area contributed by atoms with E-state index in [-0.39, 0.29) is 23.4 Å². The van der Waals surface area contributed by atoms with Crippen molar-refractivity contribution < 1.29 is 29.6 Å². The van der Waals surface area contributed by atoms with E-state index in [1.165, 1.54) is 0 Å². The van der Waals surface area contributed by atoms with Gasteiger partial charge in [-0.15, -0.1) is 0 Å². The van der Waals surface area contributed by atoms with Crippen molar-refractivity contribution in [2.45, 2.75) is 38.6 Å². The third kappa shape index (κ3) is 5.81.